The number of hydrogen-bond donors (Lipinski definition) is 3. The molecular weight excluding hydrogens is 278 g/mol. The third-order valence-electron chi connectivity index (χ3n) is 2.93. The minimum absolute atomic E-state index is 0.101. The van der Waals surface area contributed by atoms with Crippen LogP contribution in [-0.4, -0.2) is 37.9 Å². The Kier molecular flexibility index (Phi) is 6.10. The second kappa shape index (κ2) is 7.36. The molecule has 0 heterocycles. The molecule has 1 aromatic carbocycles. The second-order valence-electron chi connectivity index (χ2n) is 5.21. The molecule has 3 N–H and O–H groups in total. The first kappa shape index (κ1) is 16.6. The Morgan fingerprint density at radius 3 is 2.55 bits per heavy atom. The van der Waals surface area contributed by atoms with Gasteiger partial charge in [-0.2, -0.15) is 0 Å². The number of halogens is 1. The predicted octanol–water partition coefficient (Wildman–Crippen LogP) is 2.54. The minimum Gasteiger partial charge on any atom is -0.391 e. The van der Waals surface area contributed by atoms with Gasteiger partial charge in [0.15, 0.2) is 0 Å². The number of nitrogens with one attached hydrogen (secondary N) is 2. The van der Waals surface area contributed by atoms with Gasteiger partial charge in [0.25, 0.3) is 0 Å². The number of carbonyl (C=O) groups is 1. The molecule has 0 spiro atoms. The maximum absolute atomic E-state index is 11.7. The lowest BCUT2D eigenvalue weighted by molar-refractivity contribution is 0.126. The maximum Gasteiger partial charge on any atom is 0.319 e. The smallest absolute Gasteiger partial charge is 0.319 e. The SMILES string of the molecule is CC(C)[C@@H](O)CNC(=O)Nc1ccc(N(C)C)c(Cl)c1. The Morgan fingerprint density at radius 1 is 1.40 bits per heavy atom. The topological polar surface area (TPSA) is 64.6 Å². The fourth-order valence-electron chi connectivity index (χ4n) is 1.56. The van der Waals surface area contributed by atoms with Gasteiger partial charge in [-0.1, -0.05) is 25.4 Å². The van der Waals surface area contributed by atoms with E-state index >= 15 is 0 Å². The first-order valence-corrected chi connectivity index (χ1v) is 6.89. The van der Waals surface area contributed by atoms with Crippen LogP contribution in [0.15, 0.2) is 18.2 Å². The van der Waals surface area contributed by atoms with Crippen LogP contribution in [0.4, 0.5) is 16.2 Å². The van der Waals surface area contributed by atoms with Gasteiger partial charge < -0.3 is 20.6 Å². The molecule has 0 unspecified atom stereocenters. The van der Waals surface area contributed by atoms with Crippen molar-refractivity contribution < 1.29 is 9.90 Å². The fourth-order valence-corrected chi connectivity index (χ4v) is 1.91. The molecule has 0 fully saturated rings. The molecule has 0 aliphatic heterocycles. The van der Waals surface area contributed by atoms with Crippen molar-refractivity contribution in [2.45, 2.75) is 20.0 Å². The van der Waals surface area contributed by atoms with E-state index in [-0.39, 0.29) is 18.5 Å². The van der Waals surface area contributed by atoms with Crippen LogP contribution in [0.5, 0.6) is 0 Å². The molecule has 0 radical (unpaired) electrons. The third-order valence-corrected chi connectivity index (χ3v) is 3.23. The van der Waals surface area contributed by atoms with E-state index in [4.69, 9.17) is 11.6 Å². The first-order valence-electron chi connectivity index (χ1n) is 6.51. The van der Waals surface area contributed by atoms with Gasteiger partial charge in [0.2, 0.25) is 0 Å². The van der Waals surface area contributed by atoms with Crippen molar-refractivity contribution in [3.05, 3.63) is 23.2 Å². The zero-order valence-corrected chi connectivity index (χ0v) is 13.0. The molecule has 0 saturated heterocycles. The van der Waals surface area contributed by atoms with Crippen LogP contribution in [0, 0.1) is 5.92 Å². The number of benzene rings is 1. The zero-order chi connectivity index (χ0) is 15.3. The number of carbonyl (C=O) groups excluding carboxylic acids is 1. The van der Waals surface area contributed by atoms with Crippen molar-refractivity contribution in [3.8, 4) is 0 Å². The predicted molar refractivity (Wildman–Crippen MR) is 83.6 cm³/mol. The van der Waals surface area contributed by atoms with Gasteiger partial charge >= 0.3 is 6.03 Å². The largest absolute Gasteiger partial charge is 0.391 e. The average molecular weight is 300 g/mol. The van der Waals surface area contributed by atoms with E-state index in [9.17, 15) is 9.90 Å². The Hall–Kier alpha value is -1.46. The molecule has 1 rings (SSSR count). The highest BCUT2D eigenvalue weighted by atomic mass is 35.5. The van der Waals surface area contributed by atoms with E-state index in [0.29, 0.717) is 10.7 Å². The van der Waals surface area contributed by atoms with Crippen molar-refractivity contribution in [1.82, 2.24) is 5.32 Å². The molecule has 6 heteroatoms. The molecule has 1 aromatic rings. The van der Waals surface area contributed by atoms with E-state index in [1.807, 2.05) is 38.9 Å². The highest BCUT2D eigenvalue weighted by molar-refractivity contribution is 6.33. The van der Waals surface area contributed by atoms with Crippen molar-refractivity contribution >= 4 is 29.0 Å². The lowest BCUT2D eigenvalue weighted by Gasteiger charge is -2.17. The van der Waals surface area contributed by atoms with Crippen molar-refractivity contribution in [1.29, 1.82) is 0 Å². The fraction of sp³-hybridized carbons (Fsp3) is 0.500. The number of rotatable bonds is 5. The summed E-state index contributed by atoms with van der Waals surface area (Å²) >= 11 is 6.12. The van der Waals surface area contributed by atoms with Crippen LogP contribution in [0.25, 0.3) is 0 Å². The summed E-state index contributed by atoms with van der Waals surface area (Å²) in [7, 11) is 3.79. The number of urea groups is 1. The van der Waals surface area contributed by atoms with Crippen molar-refractivity contribution in [2.24, 2.45) is 5.92 Å². The van der Waals surface area contributed by atoms with Gasteiger partial charge in [-0.05, 0) is 24.1 Å². The van der Waals surface area contributed by atoms with E-state index in [1.54, 1.807) is 12.1 Å². The number of nitrogens with zero attached hydrogens (tertiary/aromatic N) is 1. The van der Waals surface area contributed by atoms with E-state index in [2.05, 4.69) is 10.6 Å². The summed E-state index contributed by atoms with van der Waals surface area (Å²) in [5.41, 5.74) is 1.49. The molecule has 0 aliphatic carbocycles. The number of aliphatic hydroxyl groups excluding tert-OH is 1. The van der Waals surface area contributed by atoms with Crippen LogP contribution in [-0.2, 0) is 0 Å². The van der Waals surface area contributed by atoms with Gasteiger partial charge in [-0.25, -0.2) is 4.79 Å². The van der Waals surface area contributed by atoms with E-state index < -0.39 is 6.10 Å². The zero-order valence-electron chi connectivity index (χ0n) is 12.3. The summed E-state index contributed by atoms with van der Waals surface area (Å²) in [4.78, 5) is 13.6. The Bertz CT molecular complexity index is 464. The van der Waals surface area contributed by atoms with Crippen LogP contribution < -0.4 is 15.5 Å². The van der Waals surface area contributed by atoms with Gasteiger partial charge in [-0.15, -0.1) is 0 Å². The van der Waals surface area contributed by atoms with Crippen LogP contribution in [0.3, 0.4) is 0 Å². The normalized spacial score (nSPS) is 12.2. The molecule has 20 heavy (non-hydrogen) atoms. The summed E-state index contributed by atoms with van der Waals surface area (Å²) in [6.07, 6.45) is -0.555. The molecule has 0 aliphatic rings. The minimum atomic E-state index is -0.555. The Labute approximate surface area is 124 Å². The van der Waals surface area contributed by atoms with Gasteiger partial charge in [0.1, 0.15) is 0 Å². The van der Waals surface area contributed by atoms with E-state index in [1.165, 1.54) is 0 Å². The molecule has 0 saturated carbocycles. The molecule has 112 valence electrons. The number of amides is 2. The molecular formula is C14H22ClN3O2. The standard InChI is InChI=1S/C14H22ClN3O2/c1-9(2)13(19)8-16-14(20)17-10-5-6-12(18(3)4)11(15)7-10/h5-7,9,13,19H,8H2,1-4H3,(H2,16,17,20)/t13-/m0/s1. The third kappa shape index (κ3) is 4.90. The van der Waals surface area contributed by atoms with E-state index in [0.717, 1.165) is 5.69 Å². The number of hydrogen-bond acceptors (Lipinski definition) is 3. The molecule has 2 amide bonds. The van der Waals surface area contributed by atoms with Gasteiger partial charge in [0.05, 0.1) is 16.8 Å². The first-order chi connectivity index (χ1) is 9.31. The molecule has 1 atom stereocenters. The van der Waals surface area contributed by atoms with Crippen LogP contribution >= 0.6 is 11.6 Å². The number of aliphatic hydroxyl groups is 1. The Morgan fingerprint density at radius 2 is 2.05 bits per heavy atom. The summed E-state index contributed by atoms with van der Waals surface area (Å²) in [6, 6.07) is 4.94. The highest BCUT2D eigenvalue weighted by Gasteiger charge is 2.11. The van der Waals surface area contributed by atoms with Crippen LogP contribution in [0.2, 0.25) is 5.02 Å². The number of anilines is 2. The average Bonchev–Trinajstić information content (AvgIpc) is 2.35. The lowest BCUT2D eigenvalue weighted by Crippen LogP contribution is -2.37. The van der Waals surface area contributed by atoms with Crippen molar-refractivity contribution in [2.75, 3.05) is 30.9 Å². The molecule has 0 aromatic heterocycles. The monoisotopic (exact) mass is 299 g/mol. The van der Waals surface area contributed by atoms with Crippen molar-refractivity contribution in [3.63, 3.8) is 0 Å². The summed E-state index contributed by atoms with van der Waals surface area (Å²) in [5.74, 6) is 0.101. The maximum atomic E-state index is 11.7. The lowest BCUT2D eigenvalue weighted by atomic mass is 10.1. The second-order valence-corrected chi connectivity index (χ2v) is 5.61. The summed E-state index contributed by atoms with van der Waals surface area (Å²) in [5, 5.41) is 15.5. The van der Waals surface area contributed by atoms with Gasteiger partial charge in [0, 0.05) is 26.3 Å². The molecule has 5 nitrogen and oxygen atoms in total. The van der Waals surface area contributed by atoms with Crippen LogP contribution in [0.1, 0.15) is 13.8 Å². The Balaban J connectivity index is 2.56. The summed E-state index contributed by atoms with van der Waals surface area (Å²) < 4.78 is 0. The quantitative estimate of drug-likeness (QED) is 0.783. The highest BCUT2D eigenvalue weighted by Crippen LogP contribution is 2.27. The van der Waals surface area contributed by atoms with Gasteiger partial charge in [-0.3, -0.25) is 0 Å². The molecule has 0 bridgehead atoms. The summed E-state index contributed by atoms with van der Waals surface area (Å²) in [6.45, 7) is 4.00.